The third kappa shape index (κ3) is 4.33. The molecule has 1 unspecified atom stereocenters. The molecule has 0 fully saturated rings. The maximum atomic E-state index is 12.1. The molecule has 2 nitrogen and oxygen atoms in total. The van der Waals surface area contributed by atoms with E-state index < -0.39 is 6.61 Å². The van der Waals surface area contributed by atoms with Crippen LogP contribution < -0.4 is 10.1 Å². The molecule has 0 saturated heterocycles. The Morgan fingerprint density at radius 1 is 1.10 bits per heavy atom. The van der Waals surface area contributed by atoms with Crippen LogP contribution in [0.15, 0.2) is 42.5 Å². The van der Waals surface area contributed by atoms with Crippen LogP contribution in [-0.4, -0.2) is 6.61 Å². The van der Waals surface area contributed by atoms with Crippen molar-refractivity contribution in [3.8, 4) is 5.75 Å². The van der Waals surface area contributed by atoms with Gasteiger partial charge in [-0.15, -0.1) is 0 Å². The van der Waals surface area contributed by atoms with Gasteiger partial charge in [0, 0.05) is 6.04 Å². The predicted molar refractivity (Wildman–Crippen MR) is 81.3 cm³/mol. The van der Waals surface area contributed by atoms with E-state index in [4.69, 9.17) is 11.6 Å². The molecule has 5 heteroatoms. The number of hydrogen-bond acceptors (Lipinski definition) is 2. The minimum atomic E-state index is -2.81. The molecule has 2 aromatic rings. The second-order valence-electron chi connectivity index (χ2n) is 4.80. The second-order valence-corrected chi connectivity index (χ2v) is 5.20. The highest BCUT2D eigenvalue weighted by Crippen LogP contribution is 2.28. The van der Waals surface area contributed by atoms with E-state index in [1.54, 1.807) is 12.1 Å². The Balaban J connectivity index is 2.09. The van der Waals surface area contributed by atoms with Gasteiger partial charge in [-0.05, 0) is 49.2 Å². The minimum Gasteiger partial charge on any atom is -0.435 e. The Labute approximate surface area is 127 Å². The van der Waals surface area contributed by atoms with E-state index in [0.717, 1.165) is 16.8 Å². The standard InChI is InChI=1S/C16H16ClF2NO/c1-10-3-8-14(17)15(9-10)20-11(2)12-4-6-13(7-5-12)21-16(18)19/h3-9,11,16,20H,1-2H3. The summed E-state index contributed by atoms with van der Waals surface area (Å²) in [5.41, 5.74) is 2.90. The molecule has 0 aliphatic carbocycles. The van der Waals surface area contributed by atoms with Crippen LogP contribution in [0.3, 0.4) is 0 Å². The van der Waals surface area contributed by atoms with E-state index >= 15 is 0 Å². The molecular weight excluding hydrogens is 296 g/mol. The summed E-state index contributed by atoms with van der Waals surface area (Å²) in [5, 5.41) is 3.95. The van der Waals surface area contributed by atoms with E-state index in [1.165, 1.54) is 12.1 Å². The van der Waals surface area contributed by atoms with Gasteiger partial charge in [0.25, 0.3) is 0 Å². The van der Waals surface area contributed by atoms with Crippen molar-refractivity contribution in [2.24, 2.45) is 0 Å². The van der Waals surface area contributed by atoms with Crippen LogP contribution in [0.1, 0.15) is 24.1 Å². The van der Waals surface area contributed by atoms with Crippen molar-refractivity contribution >= 4 is 17.3 Å². The average molecular weight is 312 g/mol. The molecule has 21 heavy (non-hydrogen) atoms. The lowest BCUT2D eigenvalue weighted by Crippen LogP contribution is -2.07. The van der Waals surface area contributed by atoms with Crippen molar-refractivity contribution in [1.82, 2.24) is 0 Å². The van der Waals surface area contributed by atoms with Crippen LogP contribution in [-0.2, 0) is 0 Å². The predicted octanol–water partition coefficient (Wildman–Crippen LogP) is 5.42. The van der Waals surface area contributed by atoms with Crippen LogP contribution in [0.4, 0.5) is 14.5 Å². The number of ether oxygens (including phenoxy) is 1. The van der Waals surface area contributed by atoms with Gasteiger partial charge in [-0.25, -0.2) is 0 Å². The van der Waals surface area contributed by atoms with Gasteiger partial charge >= 0.3 is 6.61 Å². The summed E-state index contributed by atoms with van der Waals surface area (Å²) < 4.78 is 28.5. The van der Waals surface area contributed by atoms with Crippen molar-refractivity contribution in [1.29, 1.82) is 0 Å². The second kappa shape index (κ2) is 6.76. The molecule has 2 rings (SSSR count). The van der Waals surface area contributed by atoms with Gasteiger partial charge in [0.1, 0.15) is 5.75 Å². The largest absolute Gasteiger partial charge is 0.435 e. The number of benzene rings is 2. The van der Waals surface area contributed by atoms with Crippen molar-refractivity contribution in [3.63, 3.8) is 0 Å². The monoisotopic (exact) mass is 311 g/mol. The molecule has 0 amide bonds. The normalized spacial score (nSPS) is 12.3. The van der Waals surface area contributed by atoms with Gasteiger partial charge in [-0.3, -0.25) is 0 Å². The summed E-state index contributed by atoms with van der Waals surface area (Å²) in [4.78, 5) is 0. The first-order valence-electron chi connectivity index (χ1n) is 6.53. The zero-order chi connectivity index (χ0) is 15.4. The molecule has 0 heterocycles. The maximum absolute atomic E-state index is 12.1. The summed E-state index contributed by atoms with van der Waals surface area (Å²) in [6, 6.07) is 12.3. The Morgan fingerprint density at radius 3 is 2.38 bits per heavy atom. The van der Waals surface area contributed by atoms with Crippen LogP contribution in [0, 0.1) is 6.92 Å². The van der Waals surface area contributed by atoms with Gasteiger partial charge in [0.2, 0.25) is 0 Å². The van der Waals surface area contributed by atoms with Crippen LogP contribution in [0.5, 0.6) is 5.75 Å². The number of aryl methyl sites for hydroxylation is 1. The lowest BCUT2D eigenvalue weighted by molar-refractivity contribution is -0.0498. The molecule has 1 atom stereocenters. The summed E-state index contributed by atoms with van der Waals surface area (Å²) in [6.07, 6.45) is 0. The quantitative estimate of drug-likeness (QED) is 0.795. The Morgan fingerprint density at radius 2 is 1.76 bits per heavy atom. The van der Waals surface area contributed by atoms with E-state index in [-0.39, 0.29) is 11.8 Å². The summed E-state index contributed by atoms with van der Waals surface area (Å²) in [5.74, 6) is 0.148. The molecule has 0 radical (unpaired) electrons. The molecule has 0 saturated carbocycles. The first-order chi connectivity index (χ1) is 9.95. The number of anilines is 1. The lowest BCUT2D eigenvalue weighted by atomic mass is 10.1. The summed E-state index contributed by atoms with van der Waals surface area (Å²) in [7, 11) is 0. The highest BCUT2D eigenvalue weighted by atomic mass is 35.5. The van der Waals surface area contributed by atoms with Crippen LogP contribution >= 0.6 is 11.6 Å². The summed E-state index contributed by atoms with van der Waals surface area (Å²) in [6.45, 7) is 1.15. The smallest absolute Gasteiger partial charge is 0.387 e. The molecule has 0 spiro atoms. The molecule has 2 aromatic carbocycles. The minimum absolute atomic E-state index is 0.00935. The third-order valence-electron chi connectivity index (χ3n) is 3.10. The number of nitrogens with one attached hydrogen (secondary N) is 1. The summed E-state index contributed by atoms with van der Waals surface area (Å²) >= 11 is 6.14. The molecule has 112 valence electrons. The highest BCUT2D eigenvalue weighted by molar-refractivity contribution is 6.33. The number of alkyl halides is 2. The Hall–Kier alpha value is -1.81. The first kappa shape index (κ1) is 15.6. The van der Waals surface area contributed by atoms with Gasteiger partial charge in [-0.1, -0.05) is 29.8 Å². The third-order valence-corrected chi connectivity index (χ3v) is 3.43. The first-order valence-corrected chi connectivity index (χ1v) is 6.91. The molecule has 1 N–H and O–H groups in total. The number of hydrogen-bond donors (Lipinski definition) is 1. The van der Waals surface area contributed by atoms with E-state index in [9.17, 15) is 8.78 Å². The Bertz CT molecular complexity index is 602. The van der Waals surface area contributed by atoms with E-state index in [1.807, 2.05) is 32.0 Å². The SMILES string of the molecule is Cc1ccc(Cl)c(NC(C)c2ccc(OC(F)F)cc2)c1. The molecular formula is C16H16ClF2NO. The van der Waals surface area contributed by atoms with E-state index in [2.05, 4.69) is 10.1 Å². The van der Waals surface area contributed by atoms with Crippen LogP contribution in [0.2, 0.25) is 5.02 Å². The zero-order valence-electron chi connectivity index (χ0n) is 11.7. The zero-order valence-corrected chi connectivity index (χ0v) is 12.5. The average Bonchev–Trinajstić information content (AvgIpc) is 2.43. The van der Waals surface area contributed by atoms with Crippen LogP contribution in [0.25, 0.3) is 0 Å². The fraction of sp³-hybridized carbons (Fsp3) is 0.250. The van der Waals surface area contributed by atoms with Gasteiger partial charge in [-0.2, -0.15) is 8.78 Å². The number of rotatable bonds is 5. The van der Waals surface area contributed by atoms with Crippen molar-refractivity contribution in [3.05, 3.63) is 58.6 Å². The molecule has 0 aliphatic rings. The van der Waals surface area contributed by atoms with Gasteiger partial charge in [0.15, 0.2) is 0 Å². The van der Waals surface area contributed by atoms with Gasteiger partial charge in [0.05, 0.1) is 10.7 Å². The van der Waals surface area contributed by atoms with Crippen molar-refractivity contribution in [2.75, 3.05) is 5.32 Å². The van der Waals surface area contributed by atoms with Crippen molar-refractivity contribution < 1.29 is 13.5 Å². The maximum Gasteiger partial charge on any atom is 0.387 e. The van der Waals surface area contributed by atoms with E-state index in [0.29, 0.717) is 5.02 Å². The fourth-order valence-electron chi connectivity index (χ4n) is 2.00. The van der Waals surface area contributed by atoms with Crippen molar-refractivity contribution in [2.45, 2.75) is 26.5 Å². The number of halogens is 3. The molecule has 0 aromatic heterocycles. The molecule has 0 aliphatic heterocycles. The fourth-order valence-corrected chi connectivity index (χ4v) is 2.18. The molecule has 0 bridgehead atoms. The highest BCUT2D eigenvalue weighted by Gasteiger charge is 2.09. The lowest BCUT2D eigenvalue weighted by Gasteiger charge is -2.17. The Kier molecular flexibility index (Phi) is 5.02. The topological polar surface area (TPSA) is 21.3 Å². The van der Waals surface area contributed by atoms with Gasteiger partial charge < -0.3 is 10.1 Å².